The summed E-state index contributed by atoms with van der Waals surface area (Å²) in [7, 11) is -3.48. The van der Waals surface area contributed by atoms with Crippen molar-refractivity contribution >= 4 is 38.9 Å². The van der Waals surface area contributed by atoms with Gasteiger partial charge in [0, 0.05) is 23.5 Å². The van der Waals surface area contributed by atoms with Crippen molar-refractivity contribution in [2.24, 2.45) is 0 Å². The van der Waals surface area contributed by atoms with E-state index in [1.807, 2.05) is 30.3 Å². The van der Waals surface area contributed by atoms with E-state index >= 15 is 0 Å². The van der Waals surface area contributed by atoms with Gasteiger partial charge in [0.25, 0.3) is 0 Å². The van der Waals surface area contributed by atoms with Crippen LogP contribution in [0.1, 0.15) is 16.3 Å². The van der Waals surface area contributed by atoms with Crippen LogP contribution in [0.3, 0.4) is 0 Å². The van der Waals surface area contributed by atoms with Crippen molar-refractivity contribution in [3.05, 3.63) is 81.3 Å². The number of halogens is 1. The third kappa shape index (κ3) is 8.29. The monoisotopic (exact) mass is 479 g/mol. The van der Waals surface area contributed by atoms with E-state index in [-0.39, 0.29) is 31.2 Å². The Labute approximate surface area is 190 Å². The molecule has 1 amide bonds. The van der Waals surface area contributed by atoms with Crippen LogP contribution in [0.25, 0.3) is 0 Å². The van der Waals surface area contributed by atoms with Gasteiger partial charge in [0.1, 0.15) is 17.4 Å². The molecule has 3 rings (SSSR count). The van der Waals surface area contributed by atoms with Crippen LogP contribution in [-0.4, -0.2) is 31.6 Å². The van der Waals surface area contributed by atoms with Gasteiger partial charge in [-0.3, -0.25) is 4.79 Å². The summed E-state index contributed by atoms with van der Waals surface area (Å²) in [6.07, 6.45) is 0.0783. The minimum absolute atomic E-state index is 0.0274. The van der Waals surface area contributed by atoms with Gasteiger partial charge < -0.3 is 10.1 Å². The molecule has 0 aliphatic rings. The molecule has 2 aromatic carbocycles. The molecule has 10 heteroatoms. The van der Waals surface area contributed by atoms with Crippen molar-refractivity contribution in [3.8, 4) is 5.75 Å². The van der Waals surface area contributed by atoms with Crippen LogP contribution in [0.5, 0.6) is 5.75 Å². The zero-order chi connectivity index (χ0) is 22.1. The lowest BCUT2D eigenvalue weighted by Crippen LogP contribution is -2.34. The summed E-state index contributed by atoms with van der Waals surface area (Å²) in [6, 6.07) is 16.3. The highest BCUT2D eigenvalue weighted by Gasteiger charge is 2.12. The quantitative estimate of drug-likeness (QED) is 0.440. The highest BCUT2D eigenvalue weighted by molar-refractivity contribution is 7.89. The first kappa shape index (κ1) is 23.2. The van der Waals surface area contributed by atoms with E-state index in [4.69, 9.17) is 16.3 Å². The van der Waals surface area contributed by atoms with E-state index in [0.717, 1.165) is 10.6 Å². The number of benzene rings is 2. The number of thiazole rings is 1. The number of hydrogen-bond acceptors (Lipinski definition) is 6. The van der Waals surface area contributed by atoms with Gasteiger partial charge in [0.2, 0.25) is 15.9 Å². The molecule has 2 N–H and O–H groups in total. The molecule has 0 fully saturated rings. The molecule has 0 radical (unpaired) electrons. The molecular formula is C21H22ClN3O4S2. The minimum Gasteiger partial charge on any atom is -0.486 e. The second-order valence-corrected chi connectivity index (χ2v) is 9.93. The van der Waals surface area contributed by atoms with Gasteiger partial charge in [0.05, 0.1) is 17.9 Å². The van der Waals surface area contributed by atoms with Crippen LogP contribution in [-0.2, 0) is 34.4 Å². The van der Waals surface area contributed by atoms with E-state index in [2.05, 4.69) is 15.0 Å². The predicted octanol–water partition coefficient (Wildman–Crippen LogP) is 3.15. The fourth-order valence-electron chi connectivity index (χ4n) is 2.59. The maximum Gasteiger partial charge on any atom is 0.226 e. The lowest BCUT2D eigenvalue weighted by molar-refractivity contribution is -0.120. The topological polar surface area (TPSA) is 97.4 Å². The van der Waals surface area contributed by atoms with Gasteiger partial charge in [-0.1, -0.05) is 41.9 Å². The van der Waals surface area contributed by atoms with Crippen LogP contribution < -0.4 is 14.8 Å². The maximum absolute atomic E-state index is 12.1. The summed E-state index contributed by atoms with van der Waals surface area (Å²) < 4.78 is 32.3. The van der Waals surface area contributed by atoms with Gasteiger partial charge in [-0.15, -0.1) is 11.3 Å². The first-order chi connectivity index (χ1) is 14.9. The molecule has 0 bridgehead atoms. The summed E-state index contributed by atoms with van der Waals surface area (Å²) in [5, 5.41) is 5.79. The van der Waals surface area contributed by atoms with Gasteiger partial charge in [-0.2, -0.15) is 0 Å². The Balaban J connectivity index is 1.37. The molecule has 1 aromatic heterocycles. The second kappa shape index (κ2) is 11.2. The van der Waals surface area contributed by atoms with Crippen molar-refractivity contribution in [2.75, 3.05) is 12.3 Å². The lowest BCUT2D eigenvalue weighted by atomic mass is 10.2. The second-order valence-electron chi connectivity index (χ2n) is 6.63. The zero-order valence-corrected chi connectivity index (χ0v) is 19.0. The Morgan fingerprint density at radius 1 is 1.10 bits per heavy atom. The number of hydrogen-bond donors (Lipinski definition) is 2. The number of amides is 1. The number of rotatable bonds is 11. The SMILES string of the molecule is O=C(Cc1csc(COc2ccc(Cl)cc2)n1)NCCS(=O)(=O)NCc1ccccc1. The molecule has 0 spiro atoms. The molecule has 1 heterocycles. The van der Waals surface area contributed by atoms with Crippen molar-refractivity contribution in [1.29, 1.82) is 0 Å². The number of sulfonamides is 1. The van der Waals surface area contributed by atoms with Crippen LogP contribution in [0.2, 0.25) is 5.02 Å². The normalized spacial score (nSPS) is 11.3. The van der Waals surface area contributed by atoms with Crippen molar-refractivity contribution < 1.29 is 17.9 Å². The van der Waals surface area contributed by atoms with Crippen LogP contribution >= 0.6 is 22.9 Å². The molecule has 7 nitrogen and oxygen atoms in total. The number of carbonyl (C=O) groups excluding carboxylic acids is 1. The average molecular weight is 480 g/mol. The molecule has 0 saturated heterocycles. The van der Waals surface area contributed by atoms with E-state index < -0.39 is 10.0 Å². The summed E-state index contributed by atoms with van der Waals surface area (Å²) >= 11 is 7.24. The van der Waals surface area contributed by atoms with Gasteiger partial charge >= 0.3 is 0 Å². The minimum atomic E-state index is -3.48. The fraction of sp³-hybridized carbons (Fsp3) is 0.238. The molecule has 0 aliphatic heterocycles. The fourth-order valence-corrected chi connectivity index (χ4v) is 4.32. The summed E-state index contributed by atoms with van der Waals surface area (Å²) in [5.74, 6) is 0.206. The molecular weight excluding hydrogens is 458 g/mol. The van der Waals surface area contributed by atoms with Crippen molar-refractivity contribution in [3.63, 3.8) is 0 Å². The Hall–Kier alpha value is -2.46. The zero-order valence-electron chi connectivity index (χ0n) is 16.6. The molecule has 0 atom stereocenters. The summed E-state index contributed by atoms with van der Waals surface area (Å²) in [6.45, 7) is 0.537. The molecule has 0 saturated carbocycles. The standard InChI is InChI=1S/C21H22ClN3O4S2/c22-17-6-8-19(9-7-17)29-14-21-25-18(15-30-21)12-20(26)23-10-11-31(27,28)24-13-16-4-2-1-3-5-16/h1-9,15,24H,10-14H2,(H,23,26). The molecule has 3 aromatic rings. The predicted molar refractivity (Wildman–Crippen MR) is 122 cm³/mol. The van der Waals surface area contributed by atoms with Crippen LogP contribution in [0.4, 0.5) is 0 Å². The molecule has 164 valence electrons. The Morgan fingerprint density at radius 2 is 1.84 bits per heavy atom. The summed E-state index contributed by atoms with van der Waals surface area (Å²) in [4.78, 5) is 16.5. The smallest absolute Gasteiger partial charge is 0.226 e. The number of ether oxygens (including phenoxy) is 1. The van der Waals surface area contributed by atoms with E-state index in [9.17, 15) is 13.2 Å². The highest BCUT2D eigenvalue weighted by Crippen LogP contribution is 2.18. The third-order valence-corrected chi connectivity index (χ3v) is 6.60. The molecule has 31 heavy (non-hydrogen) atoms. The molecule has 0 aliphatic carbocycles. The number of nitrogens with one attached hydrogen (secondary N) is 2. The third-order valence-electron chi connectivity index (χ3n) is 4.15. The van der Waals surface area contributed by atoms with Crippen molar-refractivity contribution in [2.45, 2.75) is 19.6 Å². The Kier molecular flexibility index (Phi) is 8.42. The summed E-state index contributed by atoms with van der Waals surface area (Å²) in [5.41, 5.74) is 1.48. The van der Waals surface area contributed by atoms with E-state index in [1.54, 1.807) is 29.6 Å². The van der Waals surface area contributed by atoms with Crippen LogP contribution in [0.15, 0.2) is 60.0 Å². The van der Waals surface area contributed by atoms with E-state index in [0.29, 0.717) is 23.1 Å². The van der Waals surface area contributed by atoms with Crippen molar-refractivity contribution in [1.82, 2.24) is 15.0 Å². The number of nitrogens with zero attached hydrogens (tertiary/aromatic N) is 1. The molecule has 0 unspecified atom stereocenters. The first-order valence-electron chi connectivity index (χ1n) is 9.49. The Morgan fingerprint density at radius 3 is 2.58 bits per heavy atom. The largest absolute Gasteiger partial charge is 0.486 e. The Bertz CT molecular complexity index is 1090. The van der Waals surface area contributed by atoms with Gasteiger partial charge in [-0.05, 0) is 29.8 Å². The average Bonchev–Trinajstić information content (AvgIpc) is 3.20. The van der Waals surface area contributed by atoms with Gasteiger partial charge in [-0.25, -0.2) is 18.1 Å². The first-order valence-corrected chi connectivity index (χ1v) is 12.4. The lowest BCUT2D eigenvalue weighted by Gasteiger charge is -2.08. The number of carbonyl (C=O) groups is 1. The van der Waals surface area contributed by atoms with Crippen LogP contribution in [0, 0.1) is 0 Å². The van der Waals surface area contributed by atoms with Gasteiger partial charge in [0.15, 0.2) is 0 Å². The van der Waals surface area contributed by atoms with E-state index in [1.165, 1.54) is 11.3 Å². The highest BCUT2D eigenvalue weighted by atomic mass is 35.5. The maximum atomic E-state index is 12.1. The number of aromatic nitrogens is 1.